The topological polar surface area (TPSA) is 82.1 Å². The molecule has 0 aliphatic rings. The van der Waals surface area contributed by atoms with Crippen molar-refractivity contribution in [2.24, 2.45) is 0 Å². The highest BCUT2D eigenvalue weighted by atomic mass is 16.3. The van der Waals surface area contributed by atoms with Gasteiger partial charge in [-0.2, -0.15) is 5.26 Å². The van der Waals surface area contributed by atoms with E-state index in [1.165, 1.54) is 0 Å². The highest BCUT2D eigenvalue weighted by Crippen LogP contribution is 2.20. The van der Waals surface area contributed by atoms with Crippen molar-refractivity contribution in [2.45, 2.75) is 25.9 Å². The predicted octanol–water partition coefficient (Wildman–Crippen LogP) is 1.52. The molecule has 4 heteroatoms. The van der Waals surface area contributed by atoms with Gasteiger partial charge in [-0.15, -0.1) is 0 Å². The van der Waals surface area contributed by atoms with E-state index in [2.05, 4.69) is 11.4 Å². The monoisotopic (exact) mass is 219 g/mol. The molecule has 0 amide bonds. The van der Waals surface area contributed by atoms with Crippen molar-refractivity contribution < 1.29 is 5.11 Å². The van der Waals surface area contributed by atoms with Crippen LogP contribution in [-0.2, 0) is 6.42 Å². The van der Waals surface area contributed by atoms with E-state index in [0.29, 0.717) is 18.7 Å². The summed E-state index contributed by atoms with van der Waals surface area (Å²) in [6.07, 6.45) is 0.357. The summed E-state index contributed by atoms with van der Waals surface area (Å²) < 4.78 is 0. The van der Waals surface area contributed by atoms with Crippen molar-refractivity contribution in [3.05, 3.63) is 23.8 Å². The maximum absolute atomic E-state index is 9.56. The van der Waals surface area contributed by atoms with Gasteiger partial charge in [-0.05, 0) is 31.5 Å². The highest BCUT2D eigenvalue weighted by Gasteiger charge is 2.12. The Morgan fingerprint density at radius 2 is 2.19 bits per heavy atom. The largest absolute Gasteiger partial charge is 0.397 e. The summed E-state index contributed by atoms with van der Waals surface area (Å²) in [5.41, 5.74) is 7.32. The second kappa shape index (κ2) is 4.86. The second-order valence-electron chi connectivity index (χ2n) is 4.42. The van der Waals surface area contributed by atoms with Crippen LogP contribution in [0.5, 0.6) is 0 Å². The average Bonchev–Trinajstić information content (AvgIpc) is 2.15. The van der Waals surface area contributed by atoms with Gasteiger partial charge in [-0.3, -0.25) is 0 Å². The fraction of sp³-hybridized carbons (Fsp3) is 0.417. The first-order valence-corrected chi connectivity index (χ1v) is 5.14. The van der Waals surface area contributed by atoms with Crippen molar-refractivity contribution >= 4 is 11.4 Å². The second-order valence-corrected chi connectivity index (χ2v) is 4.42. The number of hydrogen-bond acceptors (Lipinski definition) is 4. The molecule has 1 aromatic carbocycles. The molecular weight excluding hydrogens is 202 g/mol. The normalized spacial score (nSPS) is 10.9. The van der Waals surface area contributed by atoms with Crippen LogP contribution < -0.4 is 11.1 Å². The Hall–Kier alpha value is -1.73. The van der Waals surface area contributed by atoms with E-state index < -0.39 is 5.60 Å². The molecule has 0 atom stereocenters. The molecule has 1 aromatic rings. The van der Waals surface area contributed by atoms with Crippen molar-refractivity contribution in [1.29, 1.82) is 5.26 Å². The van der Waals surface area contributed by atoms with E-state index >= 15 is 0 Å². The van der Waals surface area contributed by atoms with Crippen molar-refractivity contribution in [1.82, 2.24) is 0 Å². The predicted molar refractivity (Wildman–Crippen MR) is 65.0 cm³/mol. The van der Waals surface area contributed by atoms with E-state index in [4.69, 9.17) is 11.0 Å². The molecule has 0 aromatic heterocycles. The van der Waals surface area contributed by atoms with E-state index in [1.807, 2.05) is 12.1 Å². The number of nitrogens with zero attached hydrogens (tertiary/aromatic N) is 1. The SMILES string of the molecule is CC(C)(O)CNc1ccc(CC#N)cc1N. The number of hydrogen-bond donors (Lipinski definition) is 3. The van der Waals surface area contributed by atoms with Gasteiger partial charge in [-0.1, -0.05) is 6.07 Å². The van der Waals surface area contributed by atoms with E-state index in [9.17, 15) is 5.11 Å². The van der Waals surface area contributed by atoms with Gasteiger partial charge in [0.05, 0.1) is 29.5 Å². The molecule has 0 unspecified atom stereocenters. The lowest BCUT2D eigenvalue weighted by Gasteiger charge is -2.19. The first kappa shape index (κ1) is 12.3. The van der Waals surface area contributed by atoms with E-state index in [0.717, 1.165) is 11.3 Å². The van der Waals surface area contributed by atoms with Gasteiger partial charge in [0.15, 0.2) is 0 Å². The zero-order chi connectivity index (χ0) is 12.2. The first-order chi connectivity index (χ1) is 7.42. The number of anilines is 2. The number of aliphatic hydroxyl groups is 1. The Labute approximate surface area is 95.7 Å². The summed E-state index contributed by atoms with van der Waals surface area (Å²) >= 11 is 0. The van der Waals surface area contributed by atoms with Gasteiger partial charge in [0, 0.05) is 6.54 Å². The molecule has 4 nitrogen and oxygen atoms in total. The number of rotatable bonds is 4. The van der Waals surface area contributed by atoms with E-state index in [1.54, 1.807) is 19.9 Å². The number of benzene rings is 1. The standard InChI is InChI=1S/C12H17N3O/c1-12(2,16)8-15-11-4-3-9(5-6-13)7-10(11)14/h3-4,7,15-16H,5,8,14H2,1-2H3. The van der Waals surface area contributed by atoms with Crippen molar-refractivity contribution in [3.8, 4) is 6.07 Å². The van der Waals surface area contributed by atoms with Gasteiger partial charge in [0.2, 0.25) is 0 Å². The lowest BCUT2D eigenvalue weighted by atomic mass is 10.1. The smallest absolute Gasteiger partial charge is 0.0763 e. The van der Waals surface area contributed by atoms with Crippen LogP contribution in [0.1, 0.15) is 19.4 Å². The molecule has 0 bridgehead atoms. The Morgan fingerprint density at radius 1 is 1.50 bits per heavy atom. The maximum Gasteiger partial charge on any atom is 0.0763 e. The summed E-state index contributed by atoms with van der Waals surface area (Å²) in [7, 11) is 0. The van der Waals surface area contributed by atoms with Crippen LogP contribution in [0.15, 0.2) is 18.2 Å². The van der Waals surface area contributed by atoms with Crippen molar-refractivity contribution in [3.63, 3.8) is 0 Å². The molecule has 16 heavy (non-hydrogen) atoms. The molecule has 0 aliphatic carbocycles. The summed E-state index contributed by atoms with van der Waals surface area (Å²) in [5, 5.41) is 21.2. The molecule has 0 saturated carbocycles. The van der Waals surface area contributed by atoms with Crippen LogP contribution in [0.2, 0.25) is 0 Å². The number of nitrogens with one attached hydrogen (secondary N) is 1. The van der Waals surface area contributed by atoms with Crippen LogP contribution in [0, 0.1) is 11.3 Å². The summed E-state index contributed by atoms with van der Waals surface area (Å²) in [6, 6.07) is 7.53. The third kappa shape index (κ3) is 3.79. The van der Waals surface area contributed by atoms with Crippen LogP contribution in [0.4, 0.5) is 11.4 Å². The summed E-state index contributed by atoms with van der Waals surface area (Å²) in [5.74, 6) is 0. The Morgan fingerprint density at radius 3 is 2.69 bits per heavy atom. The Balaban J connectivity index is 2.72. The first-order valence-electron chi connectivity index (χ1n) is 5.14. The number of nitrogen functional groups attached to an aromatic ring is 1. The number of nitriles is 1. The van der Waals surface area contributed by atoms with Gasteiger partial charge < -0.3 is 16.2 Å². The zero-order valence-corrected chi connectivity index (χ0v) is 9.62. The minimum atomic E-state index is -0.780. The minimum absolute atomic E-state index is 0.357. The van der Waals surface area contributed by atoms with Crippen LogP contribution in [0.3, 0.4) is 0 Å². The molecular formula is C12H17N3O. The third-order valence-electron chi connectivity index (χ3n) is 2.11. The Bertz CT molecular complexity index is 402. The maximum atomic E-state index is 9.56. The van der Waals surface area contributed by atoms with Gasteiger partial charge in [-0.25, -0.2) is 0 Å². The molecule has 0 saturated heterocycles. The summed E-state index contributed by atoms with van der Waals surface area (Å²) in [4.78, 5) is 0. The average molecular weight is 219 g/mol. The van der Waals surface area contributed by atoms with E-state index in [-0.39, 0.29) is 0 Å². The molecule has 0 heterocycles. The molecule has 0 radical (unpaired) electrons. The zero-order valence-electron chi connectivity index (χ0n) is 9.62. The lowest BCUT2D eigenvalue weighted by molar-refractivity contribution is 0.0945. The molecule has 0 fully saturated rings. The van der Waals surface area contributed by atoms with Crippen LogP contribution in [-0.4, -0.2) is 17.3 Å². The molecule has 1 rings (SSSR count). The fourth-order valence-corrected chi connectivity index (χ4v) is 1.29. The third-order valence-corrected chi connectivity index (χ3v) is 2.11. The molecule has 86 valence electrons. The Kier molecular flexibility index (Phi) is 3.75. The number of nitrogens with two attached hydrogens (primary N) is 1. The van der Waals surface area contributed by atoms with Gasteiger partial charge >= 0.3 is 0 Å². The quantitative estimate of drug-likeness (QED) is 0.670. The lowest BCUT2D eigenvalue weighted by Crippen LogP contribution is -2.29. The highest BCUT2D eigenvalue weighted by molar-refractivity contribution is 5.67. The molecule has 0 aliphatic heterocycles. The molecule has 4 N–H and O–H groups in total. The minimum Gasteiger partial charge on any atom is -0.397 e. The van der Waals surface area contributed by atoms with Crippen LogP contribution in [0.25, 0.3) is 0 Å². The van der Waals surface area contributed by atoms with Gasteiger partial charge in [0.25, 0.3) is 0 Å². The van der Waals surface area contributed by atoms with Crippen LogP contribution >= 0.6 is 0 Å². The van der Waals surface area contributed by atoms with Gasteiger partial charge in [0.1, 0.15) is 0 Å². The summed E-state index contributed by atoms with van der Waals surface area (Å²) in [6.45, 7) is 3.87. The fourth-order valence-electron chi connectivity index (χ4n) is 1.29. The molecule has 0 spiro atoms. The van der Waals surface area contributed by atoms with Crippen molar-refractivity contribution in [2.75, 3.05) is 17.6 Å².